The molecule has 0 atom stereocenters. The monoisotopic (exact) mass is 297 g/mol. The molecule has 0 amide bonds. The Morgan fingerprint density at radius 3 is 2.22 bits per heavy atom. The summed E-state index contributed by atoms with van der Waals surface area (Å²) in [7, 11) is 2.06. The molecule has 1 heterocycles. The highest BCUT2D eigenvalue weighted by molar-refractivity contribution is 5.85. The molecule has 108 valence electrons. The van der Waals surface area contributed by atoms with Gasteiger partial charge in [-0.2, -0.15) is 0 Å². The lowest BCUT2D eigenvalue weighted by molar-refractivity contribution is 0.195. The van der Waals surface area contributed by atoms with Crippen molar-refractivity contribution in [2.24, 2.45) is 11.1 Å². The number of nitrogens with two attached hydrogens (primary N) is 1. The maximum atomic E-state index is 5.71. The highest BCUT2D eigenvalue weighted by Crippen LogP contribution is 2.16. The van der Waals surface area contributed by atoms with Gasteiger partial charge in [-0.3, -0.25) is 4.90 Å². The predicted molar refractivity (Wildman–Crippen MR) is 79.6 cm³/mol. The zero-order valence-electron chi connectivity index (χ0n) is 11.8. The molecule has 4 nitrogen and oxygen atoms in total. The summed E-state index contributed by atoms with van der Waals surface area (Å²) in [6, 6.07) is 0. The van der Waals surface area contributed by atoms with E-state index < -0.39 is 0 Å². The van der Waals surface area contributed by atoms with Crippen LogP contribution < -0.4 is 5.73 Å². The van der Waals surface area contributed by atoms with Crippen molar-refractivity contribution in [3.05, 3.63) is 17.3 Å². The van der Waals surface area contributed by atoms with Crippen molar-refractivity contribution in [3.8, 4) is 0 Å². The van der Waals surface area contributed by atoms with Crippen LogP contribution in [-0.4, -0.2) is 30.0 Å². The lowest BCUT2D eigenvalue weighted by Crippen LogP contribution is -2.36. The zero-order chi connectivity index (χ0) is 12.3. The zero-order valence-corrected chi connectivity index (χ0v) is 13.5. The smallest absolute Gasteiger partial charge is 0.208 e. The van der Waals surface area contributed by atoms with Crippen LogP contribution in [0.25, 0.3) is 0 Å². The topological polar surface area (TPSA) is 55.3 Å². The molecular weight excluding hydrogens is 273 g/mol. The molecule has 2 N–H and O–H groups in total. The number of halogens is 2. The van der Waals surface area contributed by atoms with Gasteiger partial charge in [0.15, 0.2) is 0 Å². The number of hydrogen-bond acceptors (Lipinski definition) is 4. The van der Waals surface area contributed by atoms with E-state index >= 15 is 0 Å². The molecule has 18 heavy (non-hydrogen) atoms. The third-order valence-electron chi connectivity index (χ3n) is 2.73. The molecule has 1 rings (SSSR count). The average molecular weight is 298 g/mol. The van der Waals surface area contributed by atoms with Gasteiger partial charge in [-0.25, -0.2) is 4.98 Å². The van der Waals surface area contributed by atoms with E-state index in [1.54, 1.807) is 0 Å². The highest BCUT2D eigenvalue weighted by Gasteiger charge is 2.19. The first-order chi connectivity index (χ1) is 7.34. The van der Waals surface area contributed by atoms with Gasteiger partial charge in [0.1, 0.15) is 5.76 Å². The first kappa shape index (κ1) is 20.0. The van der Waals surface area contributed by atoms with Crippen LogP contribution in [0, 0.1) is 19.3 Å². The molecule has 6 heteroatoms. The third-order valence-corrected chi connectivity index (χ3v) is 2.73. The molecule has 1 aromatic heterocycles. The van der Waals surface area contributed by atoms with Gasteiger partial charge in [-0.1, -0.05) is 13.8 Å². The van der Waals surface area contributed by atoms with Crippen LogP contribution in [0.15, 0.2) is 4.42 Å². The lowest BCUT2D eigenvalue weighted by atomic mass is 9.93. The molecular formula is C12H25Cl2N3O. The fourth-order valence-corrected chi connectivity index (χ4v) is 1.69. The first-order valence-corrected chi connectivity index (χ1v) is 5.65. The fourth-order valence-electron chi connectivity index (χ4n) is 1.69. The van der Waals surface area contributed by atoms with Gasteiger partial charge in [0.05, 0.1) is 12.2 Å². The van der Waals surface area contributed by atoms with Crippen molar-refractivity contribution in [3.63, 3.8) is 0 Å². The Bertz CT molecular complexity index is 334. The minimum atomic E-state index is 0. The van der Waals surface area contributed by atoms with E-state index in [9.17, 15) is 0 Å². The molecule has 0 saturated heterocycles. The van der Waals surface area contributed by atoms with Gasteiger partial charge in [0.25, 0.3) is 0 Å². The van der Waals surface area contributed by atoms with Crippen LogP contribution in [0.5, 0.6) is 0 Å². The van der Waals surface area contributed by atoms with E-state index in [-0.39, 0.29) is 30.2 Å². The van der Waals surface area contributed by atoms with Crippen molar-refractivity contribution < 1.29 is 4.42 Å². The standard InChI is InChI=1S/C12H23N3O.2ClH/c1-9-10(2)16-11(14-9)6-15(5)8-12(3,4)7-13;;/h6-8,13H2,1-5H3;2*1H. The van der Waals surface area contributed by atoms with E-state index in [4.69, 9.17) is 10.2 Å². The van der Waals surface area contributed by atoms with Crippen molar-refractivity contribution >= 4 is 24.8 Å². The summed E-state index contributed by atoms with van der Waals surface area (Å²) in [5.41, 5.74) is 6.81. The Morgan fingerprint density at radius 2 is 1.83 bits per heavy atom. The molecule has 0 radical (unpaired) electrons. The number of aryl methyl sites for hydroxylation is 2. The highest BCUT2D eigenvalue weighted by atomic mass is 35.5. The SMILES string of the molecule is Cc1nc(CN(C)CC(C)(C)CN)oc1C.Cl.Cl. The Kier molecular flexibility index (Phi) is 8.90. The van der Waals surface area contributed by atoms with Crippen LogP contribution in [0.4, 0.5) is 0 Å². The van der Waals surface area contributed by atoms with Crippen molar-refractivity contribution in [2.45, 2.75) is 34.2 Å². The summed E-state index contributed by atoms with van der Waals surface area (Å²) in [5, 5.41) is 0. The van der Waals surface area contributed by atoms with Crippen molar-refractivity contribution in [1.29, 1.82) is 0 Å². The summed E-state index contributed by atoms with van der Waals surface area (Å²) in [4.78, 5) is 6.56. The van der Waals surface area contributed by atoms with Gasteiger partial charge in [0, 0.05) is 6.54 Å². The summed E-state index contributed by atoms with van der Waals surface area (Å²) in [6.07, 6.45) is 0. The second-order valence-electron chi connectivity index (χ2n) is 5.29. The van der Waals surface area contributed by atoms with Crippen molar-refractivity contribution in [1.82, 2.24) is 9.88 Å². The van der Waals surface area contributed by atoms with Gasteiger partial charge in [0.2, 0.25) is 5.89 Å². The molecule has 0 aromatic carbocycles. The van der Waals surface area contributed by atoms with Crippen molar-refractivity contribution in [2.75, 3.05) is 20.1 Å². The molecule has 0 unspecified atom stereocenters. The largest absolute Gasteiger partial charge is 0.444 e. The lowest BCUT2D eigenvalue weighted by Gasteiger charge is -2.28. The third kappa shape index (κ3) is 6.05. The predicted octanol–water partition coefficient (Wildman–Crippen LogP) is 2.55. The first-order valence-electron chi connectivity index (χ1n) is 5.65. The molecule has 0 aliphatic rings. The van der Waals surface area contributed by atoms with Gasteiger partial charge < -0.3 is 10.2 Å². The quantitative estimate of drug-likeness (QED) is 0.907. The summed E-state index contributed by atoms with van der Waals surface area (Å²) < 4.78 is 5.55. The van der Waals surface area contributed by atoms with E-state index in [0.29, 0.717) is 6.54 Å². The summed E-state index contributed by atoms with van der Waals surface area (Å²) in [6.45, 7) is 10.6. The van der Waals surface area contributed by atoms with Gasteiger partial charge in [-0.05, 0) is 32.9 Å². The molecule has 0 saturated carbocycles. The Hall–Kier alpha value is -0.290. The maximum absolute atomic E-state index is 5.71. The van der Waals surface area contributed by atoms with Gasteiger partial charge >= 0.3 is 0 Å². The number of oxazole rings is 1. The average Bonchev–Trinajstić information content (AvgIpc) is 2.44. The Labute approximate surface area is 122 Å². The van der Waals surface area contributed by atoms with Crippen LogP contribution in [0.1, 0.15) is 31.2 Å². The fraction of sp³-hybridized carbons (Fsp3) is 0.750. The van der Waals surface area contributed by atoms with Crippen LogP contribution in [0.2, 0.25) is 0 Å². The number of nitrogens with zero attached hydrogens (tertiary/aromatic N) is 2. The molecule has 0 fully saturated rings. The summed E-state index contributed by atoms with van der Waals surface area (Å²) >= 11 is 0. The Morgan fingerprint density at radius 1 is 1.28 bits per heavy atom. The second kappa shape index (κ2) is 8.00. The minimum absolute atomic E-state index is 0. The number of hydrogen-bond donors (Lipinski definition) is 1. The molecule has 1 aromatic rings. The normalized spacial score (nSPS) is 11.1. The Balaban J connectivity index is 0. The van der Waals surface area contributed by atoms with E-state index in [0.717, 1.165) is 30.4 Å². The maximum Gasteiger partial charge on any atom is 0.208 e. The molecule has 0 aliphatic carbocycles. The number of rotatable bonds is 5. The van der Waals surface area contributed by atoms with E-state index in [1.807, 2.05) is 13.8 Å². The van der Waals surface area contributed by atoms with Crippen LogP contribution >= 0.6 is 24.8 Å². The molecule has 0 aliphatic heterocycles. The van der Waals surface area contributed by atoms with Crippen LogP contribution in [-0.2, 0) is 6.54 Å². The van der Waals surface area contributed by atoms with Crippen LogP contribution in [0.3, 0.4) is 0 Å². The van der Waals surface area contributed by atoms with E-state index in [2.05, 4.69) is 30.8 Å². The number of aromatic nitrogens is 1. The van der Waals surface area contributed by atoms with Gasteiger partial charge in [-0.15, -0.1) is 24.8 Å². The van der Waals surface area contributed by atoms with E-state index in [1.165, 1.54) is 0 Å². The minimum Gasteiger partial charge on any atom is -0.444 e. The molecule has 0 bridgehead atoms. The second-order valence-corrected chi connectivity index (χ2v) is 5.29. The summed E-state index contributed by atoms with van der Waals surface area (Å²) in [5.74, 6) is 1.69. The molecule has 0 spiro atoms.